The van der Waals surface area contributed by atoms with Crippen LogP contribution >= 0.6 is 0 Å². The molecular weight excluding hydrogens is 402 g/mol. The van der Waals surface area contributed by atoms with Crippen molar-refractivity contribution in [2.24, 2.45) is 0 Å². The molecule has 3 heterocycles. The number of carbonyl (C=O) groups excluding carboxylic acids is 1. The van der Waals surface area contributed by atoms with Gasteiger partial charge in [-0.1, -0.05) is 12.1 Å². The third kappa shape index (κ3) is 5.04. The lowest BCUT2D eigenvalue weighted by Gasteiger charge is -2.25. The van der Waals surface area contributed by atoms with E-state index in [0.29, 0.717) is 12.4 Å². The van der Waals surface area contributed by atoms with E-state index in [1.165, 1.54) is 0 Å². The molecule has 0 radical (unpaired) electrons. The van der Waals surface area contributed by atoms with Crippen LogP contribution in [0.15, 0.2) is 42.5 Å². The average molecular weight is 432 g/mol. The third-order valence-electron chi connectivity index (χ3n) is 5.62. The van der Waals surface area contributed by atoms with Gasteiger partial charge in [-0.3, -0.25) is 9.78 Å². The molecule has 7 heteroatoms. The van der Waals surface area contributed by atoms with Crippen molar-refractivity contribution in [1.82, 2.24) is 19.9 Å². The van der Waals surface area contributed by atoms with Gasteiger partial charge in [0.1, 0.15) is 5.75 Å². The van der Waals surface area contributed by atoms with Gasteiger partial charge in [0, 0.05) is 29.3 Å². The molecule has 0 bridgehead atoms. The van der Waals surface area contributed by atoms with E-state index in [4.69, 9.17) is 9.72 Å². The van der Waals surface area contributed by atoms with Crippen molar-refractivity contribution in [1.29, 1.82) is 0 Å². The molecule has 1 aromatic carbocycles. The van der Waals surface area contributed by atoms with Crippen LogP contribution in [0.25, 0.3) is 0 Å². The van der Waals surface area contributed by atoms with E-state index in [-0.39, 0.29) is 11.9 Å². The van der Waals surface area contributed by atoms with E-state index < -0.39 is 0 Å². The first-order valence-corrected chi connectivity index (χ1v) is 10.9. The highest BCUT2D eigenvalue weighted by Gasteiger charge is 2.31. The van der Waals surface area contributed by atoms with Gasteiger partial charge >= 0.3 is 0 Å². The number of benzene rings is 1. The Balaban J connectivity index is 1.54. The molecule has 166 valence electrons. The zero-order valence-electron chi connectivity index (χ0n) is 19.1. The number of rotatable bonds is 6. The summed E-state index contributed by atoms with van der Waals surface area (Å²) in [4.78, 5) is 28.8. The molecule has 1 aliphatic heterocycles. The summed E-state index contributed by atoms with van der Waals surface area (Å²) >= 11 is 0. The number of aromatic nitrogens is 3. The fourth-order valence-electron chi connectivity index (χ4n) is 4.28. The molecule has 1 atom stereocenters. The van der Waals surface area contributed by atoms with Gasteiger partial charge in [0.05, 0.1) is 25.3 Å². The smallest absolute Gasteiger partial charge is 0.227 e. The Labute approximate surface area is 188 Å². The summed E-state index contributed by atoms with van der Waals surface area (Å²) in [5.41, 5.74) is 5.44. The molecule has 2 aromatic heterocycles. The second kappa shape index (κ2) is 9.34. The Hall–Kier alpha value is -3.48. The molecule has 4 rings (SSSR count). The highest BCUT2D eigenvalue weighted by Crippen LogP contribution is 2.33. The fraction of sp³-hybridized carbons (Fsp3) is 0.360. The van der Waals surface area contributed by atoms with Crippen LogP contribution in [0, 0.1) is 20.8 Å². The number of hydrogen-bond donors (Lipinski definition) is 1. The number of amides is 1. The number of anilines is 2. The van der Waals surface area contributed by atoms with Crippen molar-refractivity contribution in [3.05, 3.63) is 70.8 Å². The molecule has 3 aromatic rings. The Bertz CT molecular complexity index is 1110. The molecule has 0 aliphatic carbocycles. The number of likely N-dealkylation sites (tertiary alicyclic amines) is 1. The van der Waals surface area contributed by atoms with E-state index in [1.807, 2.05) is 68.1 Å². The van der Waals surface area contributed by atoms with Gasteiger partial charge in [0.2, 0.25) is 11.9 Å². The van der Waals surface area contributed by atoms with Crippen LogP contribution in [-0.4, -0.2) is 39.4 Å². The van der Waals surface area contributed by atoms with Gasteiger partial charge in [-0.15, -0.1) is 0 Å². The lowest BCUT2D eigenvalue weighted by atomic mass is 10.1. The summed E-state index contributed by atoms with van der Waals surface area (Å²) in [5.74, 6) is 1.44. The number of ether oxygens (including phenoxy) is 1. The molecule has 1 aliphatic rings. The molecule has 1 fully saturated rings. The van der Waals surface area contributed by atoms with Crippen molar-refractivity contribution < 1.29 is 9.53 Å². The number of hydrogen-bond acceptors (Lipinski definition) is 6. The summed E-state index contributed by atoms with van der Waals surface area (Å²) in [6, 6.07) is 13.6. The lowest BCUT2D eigenvalue weighted by molar-refractivity contribution is -0.131. The van der Waals surface area contributed by atoms with Gasteiger partial charge in [-0.05, 0) is 69.5 Å². The van der Waals surface area contributed by atoms with E-state index in [9.17, 15) is 4.79 Å². The van der Waals surface area contributed by atoms with Crippen molar-refractivity contribution in [3.8, 4) is 5.75 Å². The molecular formula is C25H29N5O2. The molecule has 0 saturated carbocycles. The third-order valence-corrected chi connectivity index (χ3v) is 5.62. The summed E-state index contributed by atoms with van der Waals surface area (Å²) in [6.07, 6.45) is 2.22. The van der Waals surface area contributed by atoms with Gasteiger partial charge in [-0.2, -0.15) is 0 Å². The normalized spacial score (nSPS) is 15.6. The van der Waals surface area contributed by atoms with E-state index >= 15 is 0 Å². The zero-order valence-corrected chi connectivity index (χ0v) is 19.1. The van der Waals surface area contributed by atoms with E-state index in [1.54, 1.807) is 7.11 Å². The van der Waals surface area contributed by atoms with Crippen molar-refractivity contribution in [2.45, 2.75) is 46.1 Å². The van der Waals surface area contributed by atoms with Crippen LogP contribution in [-0.2, 0) is 11.2 Å². The number of nitrogens with zero attached hydrogens (tertiary/aromatic N) is 4. The van der Waals surface area contributed by atoms with Gasteiger partial charge in [-0.25, -0.2) is 9.97 Å². The quantitative estimate of drug-likeness (QED) is 0.621. The fourth-order valence-corrected chi connectivity index (χ4v) is 4.28. The van der Waals surface area contributed by atoms with E-state index in [2.05, 4.69) is 15.3 Å². The van der Waals surface area contributed by atoms with Gasteiger partial charge < -0.3 is 15.0 Å². The first-order valence-electron chi connectivity index (χ1n) is 10.9. The lowest BCUT2D eigenvalue weighted by Crippen LogP contribution is -2.32. The maximum absolute atomic E-state index is 13.2. The standard InChI is InChI=1S/C25H29N5O2/c1-16-11-17(2)28-25(27-16)29-20-12-18(3)26-22(15-20)23-9-6-10-30(23)24(31)14-19-7-5-8-21(13-19)32-4/h5,7-8,11-13,15,23H,6,9-10,14H2,1-4H3,(H,26,27,28,29)/t23-/m0/s1. The first kappa shape index (κ1) is 21.7. The van der Waals surface area contributed by atoms with Gasteiger partial charge in [0.15, 0.2) is 0 Å². The molecule has 1 N–H and O–H groups in total. The van der Waals surface area contributed by atoms with Crippen LogP contribution in [0.1, 0.15) is 47.2 Å². The zero-order chi connectivity index (χ0) is 22.7. The Kier molecular flexibility index (Phi) is 6.35. The Morgan fingerprint density at radius 2 is 1.81 bits per heavy atom. The summed E-state index contributed by atoms with van der Waals surface area (Å²) < 4.78 is 5.29. The molecule has 0 unspecified atom stereocenters. The van der Waals surface area contributed by atoms with Gasteiger partial charge in [0.25, 0.3) is 0 Å². The predicted octanol–water partition coefficient (Wildman–Crippen LogP) is 4.46. The second-order valence-electron chi connectivity index (χ2n) is 8.29. The van der Waals surface area contributed by atoms with E-state index in [0.717, 1.165) is 59.2 Å². The number of nitrogens with one attached hydrogen (secondary N) is 1. The summed E-state index contributed by atoms with van der Waals surface area (Å²) in [7, 11) is 1.63. The molecule has 0 spiro atoms. The van der Waals surface area contributed by atoms with Crippen LogP contribution in [0.2, 0.25) is 0 Å². The highest BCUT2D eigenvalue weighted by atomic mass is 16.5. The average Bonchev–Trinajstić information content (AvgIpc) is 3.23. The molecule has 1 saturated heterocycles. The number of carbonyl (C=O) groups is 1. The van der Waals surface area contributed by atoms with Crippen molar-refractivity contribution in [2.75, 3.05) is 19.0 Å². The Morgan fingerprint density at radius 1 is 1.06 bits per heavy atom. The minimum absolute atomic E-state index is 0.0336. The van der Waals surface area contributed by atoms with Crippen LogP contribution in [0.4, 0.5) is 11.6 Å². The minimum atomic E-state index is -0.0336. The monoisotopic (exact) mass is 431 g/mol. The number of methoxy groups -OCH3 is 1. The molecule has 1 amide bonds. The topological polar surface area (TPSA) is 80.2 Å². The first-order chi connectivity index (χ1) is 15.4. The van der Waals surface area contributed by atoms with Crippen molar-refractivity contribution in [3.63, 3.8) is 0 Å². The summed E-state index contributed by atoms with van der Waals surface area (Å²) in [6.45, 7) is 6.61. The maximum Gasteiger partial charge on any atom is 0.227 e. The Morgan fingerprint density at radius 3 is 2.56 bits per heavy atom. The number of aryl methyl sites for hydroxylation is 3. The van der Waals surface area contributed by atoms with Crippen molar-refractivity contribution >= 4 is 17.5 Å². The second-order valence-corrected chi connectivity index (χ2v) is 8.29. The van der Waals surface area contributed by atoms with Crippen LogP contribution < -0.4 is 10.1 Å². The minimum Gasteiger partial charge on any atom is -0.497 e. The predicted molar refractivity (Wildman–Crippen MR) is 124 cm³/mol. The number of pyridine rings is 1. The largest absolute Gasteiger partial charge is 0.497 e. The maximum atomic E-state index is 13.2. The molecule has 32 heavy (non-hydrogen) atoms. The molecule has 7 nitrogen and oxygen atoms in total. The van der Waals surface area contributed by atoms with Crippen LogP contribution in [0.3, 0.4) is 0 Å². The highest BCUT2D eigenvalue weighted by molar-refractivity contribution is 5.79. The summed E-state index contributed by atoms with van der Waals surface area (Å²) in [5, 5.41) is 3.31. The SMILES string of the molecule is COc1cccc(CC(=O)N2CCC[C@H]2c2cc(Nc3nc(C)cc(C)n3)cc(C)n2)c1. The van der Waals surface area contributed by atoms with Crippen LogP contribution in [0.5, 0.6) is 5.75 Å².